The normalized spacial score (nSPS) is 17.7. The molecule has 0 unspecified atom stereocenters. The highest BCUT2D eigenvalue weighted by molar-refractivity contribution is 5.51. The Morgan fingerprint density at radius 3 is 2.37 bits per heavy atom. The number of hydrogen-bond donors (Lipinski definition) is 1. The van der Waals surface area contributed by atoms with E-state index in [9.17, 15) is 36.5 Å². The summed E-state index contributed by atoms with van der Waals surface area (Å²) in [7, 11) is 0. The number of ether oxygens (including phenoxy) is 2. The molecule has 1 atom stereocenters. The number of hydrogen-bond acceptors (Lipinski definition) is 10. The molecule has 2 aromatic heterocycles. The minimum Gasteiger partial charge on any atom is -0.444 e. The van der Waals surface area contributed by atoms with Gasteiger partial charge in [-0.3, -0.25) is 4.57 Å². The highest BCUT2D eigenvalue weighted by Gasteiger charge is 2.37. The molecule has 18 heteroatoms. The fraction of sp³-hybridized carbons (Fsp3) is 0.435. The molecule has 0 spiro atoms. The number of fused-ring (bicyclic) bond motifs is 1. The van der Waals surface area contributed by atoms with Crippen molar-refractivity contribution in [1.82, 2.24) is 24.8 Å². The van der Waals surface area contributed by atoms with Crippen molar-refractivity contribution in [3.8, 4) is 11.8 Å². The second-order valence-corrected chi connectivity index (χ2v) is 9.24. The number of imidazole rings is 1. The highest BCUT2D eigenvalue weighted by atomic mass is 19.4. The van der Waals surface area contributed by atoms with Crippen LogP contribution in [-0.2, 0) is 19.3 Å². The highest BCUT2D eigenvalue weighted by Crippen LogP contribution is 2.32. The lowest BCUT2D eigenvalue weighted by molar-refractivity contribution is -0.389. The van der Waals surface area contributed by atoms with E-state index < -0.39 is 35.0 Å². The molecular formula is C23H22F6N8O4. The summed E-state index contributed by atoms with van der Waals surface area (Å²) >= 11 is 0. The molecule has 220 valence electrons. The first-order valence-corrected chi connectivity index (χ1v) is 12.2. The minimum absolute atomic E-state index is 0.0524. The largest absolute Gasteiger partial charge is 0.573 e. The van der Waals surface area contributed by atoms with E-state index in [-0.39, 0.29) is 56.1 Å². The minimum atomic E-state index is -4.80. The second kappa shape index (κ2) is 10.9. The van der Waals surface area contributed by atoms with E-state index in [0.29, 0.717) is 18.8 Å². The Bertz CT molecular complexity index is 1390. The number of nitrogens with one attached hydrogen (secondary N) is 1. The molecule has 1 fully saturated rings. The molecule has 41 heavy (non-hydrogen) atoms. The SMILES string of the molecule is O=[N+]([O-])c1cn2c(n1)OC[C@@H](NCc1cnc(N3CCN(c4ccc(OC(F)(F)F)cc4)CC3)nc1C(F)(F)F)C2. The number of benzene rings is 1. The Kier molecular flexibility index (Phi) is 7.50. The van der Waals surface area contributed by atoms with Crippen LogP contribution in [-0.4, -0.2) is 69.6 Å². The van der Waals surface area contributed by atoms with Crippen molar-refractivity contribution in [2.75, 3.05) is 42.6 Å². The summed E-state index contributed by atoms with van der Waals surface area (Å²) in [4.78, 5) is 25.4. The maximum Gasteiger partial charge on any atom is 0.573 e. The molecular weight excluding hydrogens is 566 g/mol. The molecule has 2 aliphatic heterocycles. The van der Waals surface area contributed by atoms with Crippen molar-refractivity contribution < 1.29 is 40.7 Å². The standard InChI is InChI=1S/C23H22F6N8O4/c24-22(25,26)19-14(9-30-15-11-36-12-18(37(38)39)32-21(36)40-13-15)10-31-20(33-19)35-7-5-34(6-8-35)16-1-3-17(4-2-16)41-23(27,28)29/h1-4,10,12,15,30H,5-9,11,13H2/t15-/m0/s1. The average Bonchev–Trinajstić information content (AvgIpc) is 3.35. The zero-order chi connectivity index (χ0) is 29.4. The lowest BCUT2D eigenvalue weighted by Crippen LogP contribution is -2.47. The fourth-order valence-corrected chi connectivity index (χ4v) is 4.51. The molecule has 12 nitrogen and oxygen atoms in total. The summed E-state index contributed by atoms with van der Waals surface area (Å²) in [5.74, 6) is -0.835. The van der Waals surface area contributed by atoms with E-state index >= 15 is 0 Å². The third-order valence-electron chi connectivity index (χ3n) is 6.44. The Morgan fingerprint density at radius 2 is 1.73 bits per heavy atom. The summed E-state index contributed by atoms with van der Waals surface area (Å²) < 4.78 is 89.6. The van der Waals surface area contributed by atoms with Crippen LogP contribution < -0.4 is 24.6 Å². The van der Waals surface area contributed by atoms with Gasteiger partial charge in [-0.1, -0.05) is 0 Å². The molecule has 1 saturated heterocycles. The second-order valence-electron chi connectivity index (χ2n) is 9.24. The number of aromatic nitrogens is 4. The van der Waals surface area contributed by atoms with Gasteiger partial charge in [-0.2, -0.15) is 13.2 Å². The van der Waals surface area contributed by atoms with Crippen molar-refractivity contribution in [1.29, 1.82) is 0 Å². The monoisotopic (exact) mass is 588 g/mol. The van der Waals surface area contributed by atoms with Crippen molar-refractivity contribution in [3.05, 3.63) is 58.0 Å². The molecule has 3 aromatic rings. The number of halogens is 6. The van der Waals surface area contributed by atoms with Gasteiger partial charge in [0.05, 0.1) is 6.04 Å². The molecule has 2 aliphatic rings. The van der Waals surface area contributed by atoms with Gasteiger partial charge >= 0.3 is 24.4 Å². The first-order chi connectivity index (χ1) is 19.4. The van der Waals surface area contributed by atoms with E-state index in [1.54, 1.807) is 4.90 Å². The van der Waals surface area contributed by atoms with Crippen LogP contribution in [0.15, 0.2) is 36.7 Å². The van der Waals surface area contributed by atoms with Crippen LogP contribution in [0.1, 0.15) is 11.3 Å². The van der Waals surface area contributed by atoms with Crippen LogP contribution in [0.4, 0.5) is 43.8 Å². The van der Waals surface area contributed by atoms with Gasteiger partial charge in [0.1, 0.15) is 18.6 Å². The zero-order valence-electron chi connectivity index (χ0n) is 21.0. The van der Waals surface area contributed by atoms with E-state index in [1.807, 2.05) is 4.90 Å². The summed E-state index contributed by atoms with van der Waals surface area (Å²) in [5.41, 5.74) is -0.626. The molecule has 1 N–H and O–H groups in total. The molecule has 1 aromatic carbocycles. The van der Waals surface area contributed by atoms with Crippen LogP contribution in [0.2, 0.25) is 0 Å². The zero-order valence-corrected chi connectivity index (χ0v) is 21.0. The lowest BCUT2D eigenvalue weighted by atomic mass is 10.2. The van der Waals surface area contributed by atoms with E-state index in [0.717, 1.165) is 6.20 Å². The predicted octanol–water partition coefficient (Wildman–Crippen LogP) is 3.38. The maximum atomic E-state index is 13.9. The van der Waals surface area contributed by atoms with E-state index in [2.05, 4.69) is 25.0 Å². The third-order valence-corrected chi connectivity index (χ3v) is 6.44. The number of anilines is 2. The number of rotatable bonds is 7. The van der Waals surface area contributed by atoms with Crippen LogP contribution in [0.5, 0.6) is 11.8 Å². The first kappa shape index (κ1) is 28.2. The lowest BCUT2D eigenvalue weighted by Gasteiger charge is -2.36. The molecule has 4 heterocycles. The molecule has 0 radical (unpaired) electrons. The van der Waals surface area contributed by atoms with E-state index in [4.69, 9.17) is 4.74 Å². The summed E-state index contributed by atoms with van der Waals surface area (Å²) in [6.07, 6.45) is -7.24. The predicted molar refractivity (Wildman–Crippen MR) is 130 cm³/mol. The van der Waals surface area contributed by atoms with Crippen LogP contribution in [0.25, 0.3) is 0 Å². The summed E-state index contributed by atoms with van der Waals surface area (Å²) in [6.45, 7) is 1.36. The van der Waals surface area contributed by atoms with Gasteiger partial charge in [-0.15, -0.1) is 13.2 Å². The number of nitro groups is 1. The molecule has 0 saturated carbocycles. The fourth-order valence-electron chi connectivity index (χ4n) is 4.51. The average molecular weight is 588 g/mol. The van der Waals surface area contributed by atoms with Gasteiger partial charge in [0, 0.05) is 61.7 Å². The Labute approximate surface area is 227 Å². The van der Waals surface area contributed by atoms with Crippen LogP contribution in [0, 0.1) is 10.1 Å². The Morgan fingerprint density at radius 1 is 1.05 bits per heavy atom. The molecule has 0 bridgehead atoms. The maximum absolute atomic E-state index is 13.9. The van der Waals surface area contributed by atoms with E-state index in [1.165, 1.54) is 35.0 Å². The first-order valence-electron chi connectivity index (χ1n) is 12.2. The van der Waals surface area contributed by atoms with Crippen molar-refractivity contribution in [2.24, 2.45) is 0 Å². The number of piperazine rings is 1. The van der Waals surface area contributed by atoms with Gasteiger partial charge in [-0.25, -0.2) is 9.97 Å². The van der Waals surface area contributed by atoms with Gasteiger partial charge in [0.25, 0.3) is 0 Å². The molecule has 5 rings (SSSR count). The van der Waals surface area contributed by atoms with Gasteiger partial charge in [0.2, 0.25) is 5.95 Å². The van der Waals surface area contributed by atoms with Crippen molar-refractivity contribution >= 4 is 17.5 Å². The van der Waals surface area contributed by atoms with Gasteiger partial charge < -0.3 is 34.7 Å². The quantitative estimate of drug-likeness (QED) is 0.250. The Hall–Kier alpha value is -4.35. The van der Waals surface area contributed by atoms with Gasteiger partial charge in [-0.05, 0) is 29.2 Å². The summed E-state index contributed by atoms with van der Waals surface area (Å²) in [5, 5.41) is 13.9. The summed E-state index contributed by atoms with van der Waals surface area (Å²) in [6, 6.07) is 4.95. The van der Waals surface area contributed by atoms with Crippen LogP contribution in [0.3, 0.4) is 0 Å². The Balaban J connectivity index is 1.21. The van der Waals surface area contributed by atoms with Crippen LogP contribution >= 0.6 is 0 Å². The topological polar surface area (TPSA) is 124 Å². The van der Waals surface area contributed by atoms with Crippen molar-refractivity contribution in [3.63, 3.8) is 0 Å². The number of nitrogens with zero attached hydrogens (tertiary/aromatic N) is 7. The van der Waals surface area contributed by atoms with Gasteiger partial charge in [0.15, 0.2) is 5.69 Å². The smallest absolute Gasteiger partial charge is 0.444 e. The molecule has 0 amide bonds. The molecule has 0 aliphatic carbocycles. The third kappa shape index (κ3) is 6.69. The number of alkyl halides is 6. The van der Waals surface area contributed by atoms with Crippen molar-refractivity contribution in [2.45, 2.75) is 31.7 Å².